The van der Waals surface area contributed by atoms with Crippen molar-refractivity contribution in [2.45, 2.75) is 18.9 Å². The van der Waals surface area contributed by atoms with E-state index in [2.05, 4.69) is 0 Å². The predicted molar refractivity (Wildman–Crippen MR) is 64.0 cm³/mol. The van der Waals surface area contributed by atoms with Crippen molar-refractivity contribution in [2.75, 3.05) is 0 Å². The van der Waals surface area contributed by atoms with Gasteiger partial charge in [0.05, 0.1) is 0 Å². The van der Waals surface area contributed by atoms with E-state index in [0.29, 0.717) is 4.88 Å². The fourth-order valence-electron chi connectivity index (χ4n) is 1.72. The maximum Gasteiger partial charge on any atom is 0.129 e. The fraction of sp³-hybridized carbons (Fsp3) is 0.231. The van der Waals surface area contributed by atoms with Gasteiger partial charge in [-0.05, 0) is 30.5 Å². The summed E-state index contributed by atoms with van der Waals surface area (Å²) >= 11 is 1.37. The van der Waals surface area contributed by atoms with Gasteiger partial charge in [-0.25, -0.2) is 8.78 Å². The summed E-state index contributed by atoms with van der Waals surface area (Å²) in [6.45, 7) is 1.56. The van der Waals surface area contributed by atoms with E-state index in [0.717, 1.165) is 0 Å². The first-order chi connectivity index (χ1) is 8.00. The summed E-state index contributed by atoms with van der Waals surface area (Å²) in [7, 11) is 0. The first-order valence-corrected chi connectivity index (χ1v) is 6.08. The molecule has 0 saturated carbocycles. The van der Waals surface area contributed by atoms with E-state index in [4.69, 9.17) is 0 Å². The molecule has 0 aliphatic carbocycles. The number of aliphatic hydroxyl groups is 1. The van der Waals surface area contributed by atoms with Crippen LogP contribution in [0.25, 0.3) is 0 Å². The van der Waals surface area contributed by atoms with Gasteiger partial charge < -0.3 is 5.11 Å². The molecule has 0 saturated heterocycles. The van der Waals surface area contributed by atoms with Crippen molar-refractivity contribution >= 4 is 11.3 Å². The lowest BCUT2D eigenvalue weighted by Gasteiger charge is -2.22. The molecule has 0 radical (unpaired) electrons. The fourth-order valence-corrected chi connectivity index (χ4v) is 2.50. The van der Waals surface area contributed by atoms with Gasteiger partial charge in [-0.15, -0.1) is 11.3 Å². The SMILES string of the molecule is CC(O)(Cc1c(F)cccc1F)c1cccs1. The van der Waals surface area contributed by atoms with Gasteiger partial charge in [0.25, 0.3) is 0 Å². The van der Waals surface area contributed by atoms with Crippen molar-refractivity contribution in [3.8, 4) is 0 Å². The van der Waals surface area contributed by atoms with E-state index in [9.17, 15) is 13.9 Å². The van der Waals surface area contributed by atoms with Gasteiger partial charge in [0.2, 0.25) is 0 Å². The molecule has 1 aromatic carbocycles. The number of hydrogen-bond donors (Lipinski definition) is 1. The van der Waals surface area contributed by atoms with Gasteiger partial charge in [-0.1, -0.05) is 12.1 Å². The van der Waals surface area contributed by atoms with E-state index in [1.54, 1.807) is 19.1 Å². The second kappa shape index (κ2) is 4.55. The Kier molecular flexibility index (Phi) is 3.26. The van der Waals surface area contributed by atoms with Crippen LogP contribution in [0.2, 0.25) is 0 Å². The molecule has 1 aromatic heterocycles. The van der Waals surface area contributed by atoms with Crippen molar-refractivity contribution in [1.82, 2.24) is 0 Å². The van der Waals surface area contributed by atoms with Crippen LogP contribution in [0.5, 0.6) is 0 Å². The molecule has 0 aliphatic heterocycles. The van der Waals surface area contributed by atoms with Crippen LogP contribution >= 0.6 is 11.3 Å². The van der Waals surface area contributed by atoms with Crippen LogP contribution < -0.4 is 0 Å². The highest BCUT2D eigenvalue weighted by Crippen LogP contribution is 2.30. The topological polar surface area (TPSA) is 20.2 Å². The standard InChI is InChI=1S/C13H12F2OS/c1-13(16,12-6-3-7-17-12)8-9-10(14)4-2-5-11(9)15/h2-7,16H,8H2,1H3. The molecule has 2 aromatic rings. The number of halogens is 2. The summed E-state index contributed by atoms with van der Waals surface area (Å²) in [5.74, 6) is -1.25. The molecule has 0 aliphatic rings. The molecule has 4 heteroatoms. The highest BCUT2D eigenvalue weighted by Gasteiger charge is 2.27. The van der Waals surface area contributed by atoms with Gasteiger partial charge in [-0.2, -0.15) is 0 Å². The average Bonchev–Trinajstić information content (AvgIpc) is 2.77. The van der Waals surface area contributed by atoms with Crippen LogP contribution in [0.15, 0.2) is 35.7 Å². The second-order valence-corrected chi connectivity index (χ2v) is 5.08. The van der Waals surface area contributed by atoms with Crippen molar-refractivity contribution in [3.05, 3.63) is 57.8 Å². The van der Waals surface area contributed by atoms with E-state index >= 15 is 0 Å². The van der Waals surface area contributed by atoms with E-state index in [1.165, 1.54) is 29.5 Å². The zero-order valence-corrected chi connectivity index (χ0v) is 10.1. The van der Waals surface area contributed by atoms with Crippen LogP contribution in [0.1, 0.15) is 17.4 Å². The maximum atomic E-state index is 13.5. The van der Waals surface area contributed by atoms with Gasteiger partial charge in [0.1, 0.15) is 17.2 Å². The van der Waals surface area contributed by atoms with Crippen LogP contribution in [-0.4, -0.2) is 5.11 Å². The monoisotopic (exact) mass is 254 g/mol. The summed E-state index contributed by atoms with van der Waals surface area (Å²) < 4.78 is 26.9. The van der Waals surface area contributed by atoms with Gasteiger partial charge in [-0.3, -0.25) is 0 Å². The first-order valence-electron chi connectivity index (χ1n) is 5.20. The highest BCUT2D eigenvalue weighted by atomic mass is 32.1. The number of rotatable bonds is 3. The largest absolute Gasteiger partial charge is 0.384 e. The zero-order valence-electron chi connectivity index (χ0n) is 9.28. The van der Waals surface area contributed by atoms with Crippen LogP contribution in [0, 0.1) is 11.6 Å². The quantitative estimate of drug-likeness (QED) is 0.889. The van der Waals surface area contributed by atoms with Gasteiger partial charge in [0.15, 0.2) is 0 Å². The van der Waals surface area contributed by atoms with Crippen molar-refractivity contribution in [3.63, 3.8) is 0 Å². The molecular weight excluding hydrogens is 242 g/mol. The van der Waals surface area contributed by atoms with Crippen LogP contribution in [-0.2, 0) is 12.0 Å². The third-order valence-electron chi connectivity index (χ3n) is 2.63. The number of thiophene rings is 1. The summed E-state index contributed by atoms with van der Waals surface area (Å²) in [5, 5.41) is 12.1. The summed E-state index contributed by atoms with van der Waals surface area (Å²) in [6, 6.07) is 7.26. The Balaban J connectivity index is 2.32. The minimum absolute atomic E-state index is 0.0774. The van der Waals surface area contributed by atoms with Crippen molar-refractivity contribution in [2.24, 2.45) is 0 Å². The normalized spacial score (nSPS) is 14.6. The van der Waals surface area contributed by atoms with E-state index in [1.807, 2.05) is 5.38 Å². The Morgan fingerprint density at radius 1 is 1.18 bits per heavy atom. The summed E-state index contributed by atoms with van der Waals surface area (Å²) in [5.41, 5.74) is -1.33. The molecule has 1 nitrogen and oxygen atoms in total. The maximum absolute atomic E-state index is 13.5. The van der Waals surface area contributed by atoms with Crippen LogP contribution in [0.3, 0.4) is 0 Å². The number of hydrogen-bond acceptors (Lipinski definition) is 2. The Bertz CT molecular complexity index is 486. The Morgan fingerprint density at radius 2 is 1.82 bits per heavy atom. The van der Waals surface area contributed by atoms with E-state index in [-0.39, 0.29) is 12.0 Å². The minimum Gasteiger partial charge on any atom is -0.384 e. The van der Waals surface area contributed by atoms with Crippen molar-refractivity contribution < 1.29 is 13.9 Å². The lowest BCUT2D eigenvalue weighted by atomic mass is 9.94. The number of benzene rings is 1. The third-order valence-corrected chi connectivity index (χ3v) is 3.76. The average molecular weight is 254 g/mol. The zero-order chi connectivity index (χ0) is 12.5. The van der Waals surface area contributed by atoms with Crippen molar-refractivity contribution in [1.29, 1.82) is 0 Å². The molecular formula is C13H12F2OS. The Hall–Kier alpha value is -1.26. The molecule has 17 heavy (non-hydrogen) atoms. The van der Waals surface area contributed by atoms with E-state index < -0.39 is 17.2 Å². The molecule has 0 fully saturated rings. The molecule has 2 rings (SSSR count). The van der Waals surface area contributed by atoms with Crippen LogP contribution in [0.4, 0.5) is 8.78 Å². The highest BCUT2D eigenvalue weighted by molar-refractivity contribution is 7.10. The molecule has 1 atom stereocenters. The second-order valence-electron chi connectivity index (χ2n) is 4.13. The molecule has 0 bridgehead atoms. The lowest BCUT2D eigenvalue weighted by molar-refractivity contribution is 0.0595. The first kappa shape index (κ1) is 12.2. The minimum atomic E-state index is -1.25. The van der Waals surface area contributed by atoms with Gasteiger partial charge in [0, 0.05) is 16.9 Å². The summed E-state index contributed by atoms with van der Waals surface area (Å²) in [6.07, 6.45) is -0.0774. The Labute approximate surface area is 102 Å². The third kappa shape index (κ3) is 2.53. The molecule has 90 valence electrons. The van der Waals surface area contributed by atoms with Gasteiger partial charge >= 0.3 is 0 Å². The Morgan fingerprint density at radius 3 is 2.35 bits per heavy atom. The molecule has 0 spiro atoms. The lowest BCUT2D eigenvalue weighted by Crippen LogP contribution is -2.24. The molecule has 0 amide bonds. The summed E-state index contributed by atoms with van der Waals surface area (Å²) in [4.78, 5) is 0.695. The molecule has 1 N–H and O–H groups in total. The predicted octanol–water partition coefficient (Wildman–Crippen LogP) is 3.48. The molecule has 1 heterocycles. The molecule has 1 unspecified atom stereocenters. The smallest absolute Gasteiger partial charge is 0.129 e.